The van der Waals surface area contributed by atoms with E-state index in [-0.39, 0.29) is 0 Å². The minimum absolute atomic E-state index is 0.820. The maximum absolute atomic E-state index is 4.49. The average molecular weight is 251 g/mol. The summed E-state index contributed by atoms with van der Waals surface area (Å²) >= 11 is 0. The molecule has 0 aliphatic carbocycles. The quantitative estimate of drug-likeness (QED) is 0.705. The Bertz CT molecular complexity index is 610. The van der Waals surface area contributed by atoms with Crippen molar-refractivity contribution in [1.82, 2.24) is 15.0 Å². The molecule has 0 aliphatic heterocycles. The molecule has 0 radical (unpaired) electrons. The van der Waals surface area contributed by atoms with Gasteiger partial charge in [0.05, 0.1) is 5.52 Å². The van der Waals surface area contributed by atoms with Gasteiger partial charge in [0.2, 0.25) is 0 Å². The summed E-state index contributed by atoms with van der Waals surface area (Å²) in [7, 11) is 0. The number of rotatable bonds is 5. The van der Waals surface area contributed by atoms with Gasteiger partial charge >= 0.3 is 0 Å². The number of hydrogen-bond donors (Lipinski definition) is 1. The predicted molar refractivity (Wildman–Crippen MR) is 77.0 cm³/mol. The largest absolute Gasteiger partial charge is 0.341 e. The highest BCUT2D eigenvalue weighted by Crippen LogP contribution is 2.11. The molecule has 0 aliphatic rings. The number of fused-ring (bicyclic) bond motifs is 1. The molecule has 0 saturated heterocycles. The number of pyridine rings is 1. The lowest BCUT2D eigenvalue weighted by atomic mass is 10.1. The van der Waals surface area contributed by atoms with Gasteiger partial charge < -0.3 is 4.98 Å². The van der Waals surface area contributed by atoms with Gasteiger partial charge in [0.15, 0.2) is 5.65 Å². The van der Waals surface area contributed by atoms with Crippen LogP contribution in [0.4, 0.5) is 0 Å². The molecule has 3 aromatic rings. The Labute approximate surface area is 112 Å². The third-order valence-electron chi connectivity index (χ3n) is 3.28. The maximum Gasteiger partial charge on any atom is 0.177 e. The second kappa shape index (κ2) is 5.65. The van der Waals surface area contributed by atoms with Crippen LogP contribution in [0, 0.1) is 0 Å². The zero-order valence-corrected chi connectivity index (χ0v) is 10.8. The minimum Gasteiger partial charge on any atom is -0.341 e. The molecule has 0 spiro atoms. The Morgan fingerprint density at radius 1 is 0.895 bits per heavy atom. The predicted octanol–water partition coefficient (Wildman–Crippen LogP) is 3.52. The summed E-state index contributed by atoms with van der Waals surface area (Å²) in [6.45, 7) is 0. The number of nitrogens with one attached hydrogen (secondary N) is 1. The summed E-state index contributed by atoms with van der Waals surface area (Å²) in [5, 5.41) is 0. The van der Waals surface area contributed by atoms with Gasteiger partial charge in [-0.1, -0.05) is 30.3 Å². The van der Waals surface area contributed by atoms with Crippen molar-refractivity contribution in [2.24, 2.45) is 0 Å². The molecule has 0 fully saturated rings. The van der Waals surface area contributed by atoms with Crippen molar-refractivity contribution < 1.29 is 0 Å². The summed E-state index contributed by atoms with van der Waals surface area (Å²) in [6.07, 6.45) is 6.24. The smallest absolute Gasteiger partial charge is 0.177 e. The fourth-order valence-corrected chi connectivity index (χ4v) is 2.28. The Morgan fingerprint density at radius 3 is 2.58 bits per heavy atom. The van der Waals surface area contributed by atoms with E-state index >= 15 is 0 Å². The first-order chi connectivity index (χ1) is 9.42. The molecule has 96 valence electrons. The first-order valence-electron chi connectivity index (χ1n) is 6.75. The molecular weight excluding hydrogens is 234 g/mol. The zero-order valence-electron chi connectivity index (χ0n) is 10.8. The lowest BCUT2D eigenvalue weighted by Crippen LogP contribution is -1.91. The first kappa shape index (κ1) is 11.9. The third kappa shape index (κ3) is 2.99. The molecule has 1 N–H and O–H groups in total. The van der Waals surface area contributed by atoms with Gasteiger partial charge in [-0.05, 0) is 37.0 Å². The van der Waals surface area contributed by atoms with E-state index in [0.29, 0.717) is 0 Å². The number of unbranched alkanes of at least 4 members (excludes halogenated alkanes) is 1. The van der Waals surface area contributed by atoms with E-state index < -0.39 is 0 Å². The van der Waals surface area contributed by atoms with E-state index in [9.17, 15) is 0 Å². The van der Waals surface area contributed by atoms with Gasteiger partial charge in [-0.15, -0.1) is 0 Å². The Kier molecular flexibility index (Phi) is 3.54. The fourth-order valence-electron chi connectivity index (χ4n) is 2.28. The normalized spacial score (nSPS) is 10.9. The molecule has 0 bridgehead atoms. The number of aromatic amines is 1. The molecule has 0 atom stereocenters. The van der Waals surface area contributed by atoms with Crippen LogP contribution in [-0.2, 0) is 12.8 Å². The van der Waals surface area contributed by atoms with Crippen molar-refractivity contribution in [1.29, 1.82) is 0 Å². The first-order valence-corrected chi connectivity index (χ1v) is 6.75. The molecule has 0 saturated carbocycles. The molecule has 0 unspecified atom stereocenters. The average Bonchev–Trinajstić information content (AvgIpc) is 2.87. The summed E-state index contributed by atoms with van der Waals surface area (Å²) in [6, 6.07) is 14.6. The van der Waals surface area contributed by atoms with Gasteiger partial charge in [-0.25, -0.2) is 9.97 Å². The van der Waals surface area contributed by atoms with E-state index in [2.05, 4.69) is 45.3 Å². The number of aryl methyl sites for hydroxylation is 2. The van der Waals surface area contributed by atoms with Crippen molar-refractivity contribution in [2.45, 2.75) is 25.7 Å². The van der Waals surface area contributed by atoms with Crippen LogP contribution in [0.25, 0.3) is 11.2 Å². The van der Waals surface area contributed by atoms with Crippen LogP contribution >= 0.6 is 0 Å². The van der Waals surface area contributed by atoms with Crippen LogP contribution in [0.15, 0.2) is 48.7 Å². The third-order valence-corrected chi connectivity index (χ3v) is 3.28. The Morgan fingerprint density at radius 2 is 1.74 bits per heavy atom. The van der Waals surface area contributed by atoms with Crippen LogP contribution in [0.3, 0.4) is 0 Å². The van der Waals surface area contributed by atoms with Crippen LogP contribution in [0.1, 0.15) is 24.2 Å². The molecule has 1 aromatic carbocycles. The fraction of sp³-hybridized carbons (Fsp3) is 0.250. The van der Waals surface area contributed by atoms with E-state index in [1.165, 1.54) is 12.0 Å². The van der Waals surface area contributed by atoms with E-state index in [1.54, 1.807) is 6.20 Å². The van der Waals surface area contributed by atoms with E-state index in [1.807, 2.05) is 12.1 Å². The molecule has 2 heterocycles. The van der Waals surface area contributed by atoms with Gasteiger partial charge in [0.25, 0.3) is 0 Å². The number of hydrogen-bond acceptors (Lipinski definition) is 2. The van der Waals surface area contributed by atoms with Crippen molar-refractivity contribution in [3.63, 3.8) is 0 Å². The van der Waals surface area contributed by atoms with E-state index in [4.69, 9.17) is 0 Å². The highest BCUT2D eigenvalue weighted by atomic mass is 15.0. The van der Waals surface area contributed by atoms with Crippen LogP contribution < -0.4 is 0 Å². The maximum atomic E-state index is 4.49. The van der Waals surface area contributed by atoms with Crippen molar-refractivity contribution in [3.05, 3.63) is 60.0 Å². The number of aromatic nitrogens is 3. The minimum atomic E-state index is 0.820. The zero-order chi connectivity index (χ0) is 12.9. The second-order valence-corrected chi connectivity index (χ2v) is 4.75. The van der Waals surface area contributed by atoms with Crippen LogP contribution in [-0.4, -0.2) is 15.0 Å². The van der Waals surface area contributed by atoms with Gasteiger partial charge in [-0.2, -0.15) is 0 Å². The van der Waals surface area contributed by atoms with E-state index in [0.717, 1.165) is 36.3 Å². The summed E-state index contributed by atoms with van der Waals surface area (Å²) in [5.41, 5.74) is 3.26. The van der Waals surface area contributed by atoms with Gasteiger partial charge in [0, 0.05) is 12.6 Å². The molecule has 3 heteroatoms. The molecule has 2 aromatic heterocycles. The number of nitrogens with zero attached hydrogens (tertiary/aromatic N) is 2. The number of H-pyrrole nitrogens is 1. The van der Waals surface area contributed by atoms with Gasteiger partial charge in [-0.3, -0.25) is 0 Å². The van der Waals surface area contributed by atoms with Crippen LogP contribution in [0.5, 0.6) is 0 Å². The van der Waals surface area contributed by atoms with Crippen molar-refractivity contribution in [3.8, 4) is 0 Å². The molecule has 19 heavy (non-hydrogen) atoms. The summed E-state index contributed by atoms with van der Waals surface area (Å²) in [5.74, 6) is 1.04. The van der Waals surface area contributed by atoms with Crippen LogP contribution in [0.2, 0.25) is 0 Å². The Balaban J connectivity index is 1.52. The standard InChI is InChI=1S/C16H17N3/c1-2-7-13(8-3-1)9-4-5-11-15-18-14-10-6-12-17-16(14)19-15/h1-3,6-8,10,12H,4-5,9,11H2,(H,17,18,19). The highest BCUT2D eigenvalue weighted by molar-refractivity contribution is 5.69. The molecule has 0 amide bonds. The lowest BCUT2D eigenvalue weighted by molar-refractivity contribution is 0.714. The molecule has 3 nitrogen and oxygen atoms in total. The number of benzene rings is 1. The monoisotopic (exact) mass is 251 g/mol. The second-order valence-electron chi connectivity index (χ2n) is 4.75. The highest BCUT2D eigenvalue weighted by Gasteiger charge is 2.02. The molecule has 3 rings (SSSR count). The topological polar surface area (TPSA) is 41.6 Å². The Hall–Kier alpha value is -2.16. The lowest BCUT2D eigenvalue weighted by Gasteiger charge is -2.00. The van der Waals surface area contributed by atoms with Crippen molar-refractivity contribution in [2.75, 3.05) is 0 Å². The number of imidazole rings is 1. The summed E-state index contributed by atoms with van der Waals surface area (Å²) in [4.78, 5) is 12.0. The van der Waals surface area contributed by atoms with Crippen molar-refractivity contribution >= 4 is 11.2 Å². The van der Waals surface area contributed by atoms with Gasteiger partial charge in [0.1, 0.15) is 5.82 Å². The summed E-state index contributed by atoms with van der Waals surface area (Å²) < 4.78 is 0. The SMILES string of the molecule is c1ccc(CCCCc2nc3ncccc3[nH]2)cc1. The molecular formula is C16H17N3.